The van der Waals surface area contributed by atoms with Crippen LogP contribution >= 0.6 is 11.6 Å². The summed E-state index contributed by atoms with van der Waals surface area (Å²) in [4.78, 5) is 12.0. The fourth-order valence-corrected chi connectivity index (χ4v) is 2.43. The third-order valence-electron chi connectivity index (χ3n) is 3.68. The van der Waals surface area contributed by atoms with Crippen molar-refractivity contribution in [2.45, 2.75) is 13.0 Å². The van der Waals surface area contributed by atoms with Gasteiger partial charge in [-0.2, -0.15) is 0 Å². The minimum atomic E-state index is -0.947. The number of halogens is 1. The summed E-state index contributed by atoms with van der Waals surface area (Å²) in [6.45, 7) is 1.89. The van der Waals surface area contributed by atoms with E-state index in [1.165, 1.54) is 14.2 Å². The minimum Gasteiger partial charge on any atom is -0.497 e. The molecule has 7 heteroatoms. The molecule has 2 amide bonds. The van der Waals surface area contributed by atoms with Crippen LogP contribution in [0.3, 0.4) is 0 Å². The van der Waals surface area contributed by atoms with Crippen molar-refractivity contribution >= 4 is 23.3 Å². The van der Waals surface area contributed by atoms with Gasteiger partial charge >= 0.3 is 6.03 Å². The first-order valence-electron chi connectivity index (χ1n) is 7.65. The van der Waals surface area contributed by atoms with Crippen LogP contribution in [0.15, 0.2) is 36.4 Å². The second-order valence-corrected chi connectivity index (χ2v) is 5.83. The Morgan fingerprint density at radius 1 is 1.20 bits per heavy atom. The van der Waals surface area contributed by atoms with E-state index < -0.39 is 12.1 Å². The van der Waals surface area contributed by atoms with Crippen molar-refractivity contribution in [1.29, 1.82) is 0 Å². The van der Waals surface area contributed by atoms with E-state index in [-0.39, 0.29) is 6.54 Å². The molecule has 134 valence electrons. The maximum Gasteiger partial charge on any atom is 0.319 e. The van der Waals surface area contributed by atoms with Crippen LogP contribution in [0, 0.1) is 6.92 Å². The Hall–Kier alpha value is -2.44. The summed E-state index contributed by atoms with van der Waals surface area (Å²) in [5, 5.41) is 16.2. The number of methoxy groups -OCH3 is 2. The quantitative estimate of drug-likeness (QED) is 0.732. The number of carbonyl (C=O) groups is 1. The molecule has 0 saturated heterocycles. The van der Waals surface area contributed by atoms with Gasteiger partial charge in [-0.05, 0) is 42.8 Å². The molecular formula is C18H21ClN2O4. The number of urea groups is 1. The van der Waals surface area contributed by atoms with Crippen LogP contribution in [-0.2, 0) is 0 Å². The summed E-state index contributed by atoms with van der Waals surface area (Å²) in [5.41, 5.74) is 2.02. The lowest BCUT2D eigenvalue weighted by molar-refractivity contribution is 0.170. The maximum atomic E-state index is 12.0. The van der Waals surface area contributed by atoms with E-state index in [1.807, 2.05) is 13.0 Å². The Balaban J connectivity index is 1.98. The second-order valence-electron chi connectivity index (χ2n) is 5.42. The van der Waals surface area contributed by atoms with Gasteiger partial charge in [-0.1, -0.05) is 17.7 Å². The molecule has 3 N–H and O–H groups in total. The minimum absolute atomic E-state index is 0.00888. The zero-order chi connectivity index (χ0) is 18.4. The second kappa shape index (κ2) is 8.60. The van der Waals surface area contributed by atoms with Gasteiger partial charge in [0, 0.05) is 22.8 Å². The average molecular weight is 365 g/mol. The molecule has 0 fully saturated rings. The number of aliphatic hydroxyl groups is 1. The van der Waals surface area contributed by atoms with Crippen LogP contribution in [0.1, 0.15) is 17.2 Å². The number of aryl methyl sites for hydroxylation is 1. The molecule has 0 aromatic heterocycles. The molecule has 1 atom stereocenters. The predicted molar refractivity (Wildman–Crippen MR) is 97.7 cm³/mol. The van der Waals surface area contributed by atoms with Gasteiger partial charge in [-0.15, -0.1) is 0 Å². The van der Waals surface area contributed by atoms with Gasteiger partial charge in [-0.3, -0.25) is 0 Å². The summed E-state index contributed by atoms with van der Waals surface area (Å²) >= 11 is 6.03. The highest BCUT2D eigenvalue weighted by Crippen LogP contribution is 2.29. The van der Waals surface area contributed by atoms with E-state index in [0.29, 0.717) is 27.8 Å². The molecule has 0 radical (unpaired) electrons. The molecule has 2 rings (SSSR count). The van der Waals surface area contributed by atoms with Gasteiger partial charge < -0.3 is 25.2 Å². The maximum absolute atomic E-state index is 12.0. The van der Waals surface area contributed by atoms with Gasteiger partial charge in [0.1, 0.15) is 17.6 Å². The van der Waals surface area contributed by atoms with Crippen molar-refractivity contribution < 1.29 is 19.4 Å². The Labute approximate surface area is 151 Å². The molecule has 25 heavy (non-hydrogen) atoms. The number of aliphatic hydroxyl groups excluding tert-OH is 1. The van der Waals surface area contributed by atoms with Crippen molar-refractivity contribution in [1.82, 2.24) is 5.32 Å². The van der Waals surface area contributed by atoms with Crippen molar-refractivity contribution in [3.63, 3.8) is 0 Å². The SMILES string of the molecule is COc1ccc(OC)c([C@H](O)CNC(=O)Nc2ccc(C)c(Cl)c2)c1. The molecule has 2 aromatic carbocycles. The van der Waals surface area contributed by atoms with Gasteiger partial charge in [0.2, 0.25) is 0 Å². The molecule has 0 saturated carbocycles. The first-order chi connectivity index (χ1) is 11.9. The molecule has 0 aliphatic rings. The predicted octanol–water partition coefficient (Wildman–Crippen LogP) is 3.52. The molecule has 0 bridgehead atoms. The number of anilines is 1. The lowest BCUT2D eigenvalue weighted by Crippen LogP contribution is -2.32. The van der Waals surface area contributed by atoms with Gasteiger partial charge in [0.05, 0.1) is 14.2 Å². The zero-order valence-electron chi connectivity index (χ0n) is 14.3. The first-order valence-corrected chi connectivity index (χ1v) is 8.03. The number of nitrogens with one attached hydrogen (secondary N) is 2. The molecule has 0 aliphatic heterocycles. The van der Waals surface area contributed by atoms with Crippen LogP contribution in [0.5, 0.6) is 11.5 Å². The Morgan fingerprint density at radius 3 is 2.60 bits per heavy atom. The summed E-state index contributed by atoms with van der Waals surface area (Å²) < 4.78 is 10.4. The highest BCUT2D eigenvalue weighted by molar-refractivity contribution is 6.31. The van der Waals surface area contributed by atoms with Crippen LogP contribution in [0.4, 0.5) is 10.5 Å². The first kappa shape index (κ1) is 18.9. The molecular weight excluding hydrogens is 344 g/mol. The number of hydrogen-bond acceptors (Lipinski definition) is 4. The number of ether oxygens (including phenoxy) is 2. The van der Waals surface area contributed by atoms with Crippen molar-refractivity contribution in [2.24, 2.45) is 0 Å². The fourth-order valence-electron chi connectivity index (χ4n) is 2.25. The number of carbonyl (C=O) groups excluding carboxylic acids is 1. The fraction of sp³-hybridized carbons (Fsp3) is 0.278. The van der Waals surface area contributed by atoms with Crippen molar-refractivity contribution in [2.75, 3.05) is 26.1 Å². The molecule has 0 spiro atoms. The van der Waals surface area contributed by atoms with Crippen LogP contribution in [-0.4, -0.2) is 31.9 Å². The Kier molecular flexibility index (Phi) is 6.50. The van der Waals surface area contributed by atoms with Gasteiger partial charge in [0.25, 0.3) is 0 Å². The lowest BCUT2D eigenvalue weighted by Gasteiger charge is -2.17. The highest BCUT2D eigenvalue weighted by atomic mass is 35.5. The van der Waals surface area contributed by atoms with Gasteiger partial charge in [-0.25, -0.2) is 4.79 Å². The molecule has 2 aromatic rings. The van der Waals surface area contributed by atoms with Crippen LogP contribution in [0.2, 0.25) is 5.02 Å². The third-order valence-corrected chi connectivity index (χ3v) is 4.09. The topological polar surface area (TPSA) is 79.8 Å². The number of hydrogen-bond donors (Lipinski definition) is 3. The van der Waals surface area contributed by atoms with E-state index in [9.17, 15) is 9.90 Å². The van der Waals surface area contributed by atoms with Crippen LogP contribution in [0.25, 0.3) is 0 Å². The van der Waals surface area contributed by atoms with Crippen molar-refractivity contribution in [3.05, 3.63) is 52.5 Å². The van der Waals surface area contributed by atoms with E-state index in [2.05, 4.69) is 10.6 Å². The molecule has 0 unspecified atom stereocenters. The van der Waals surface area contributed by atoms with E-state index in [4.69, 9.17) is 21.1 Å². The number of rotatable bonds is 6. The van der Waals surface area contributed by atoms with E-state index in [1.54, 1.807) is 30.3 Å². The van der Waals surface area contributed by atoms with Crippen LogP contribution < -0.4 is 20.1 Å². The van der Waals surface area contributed by atoms with Gasteiger partial charge in [0.15, 0.2) is 0 Å². The smallest absolute Gasteiger partial charge is 0.319 e. The normalized spacial score (nSPS) is 11.6. The molecule has 0 aliphatic carbocycles. The summed E-state index contributed by atoms with van der Waals surface area (Å²) in [7, 11) is 3.05. The summed E-state index contributed by atoms with van der Waals surface area (Å²) in [5.74, 6) is 1.11. The molecule has 6 nitrogen and oxygen atoms in total. The summed E-state index contributed by atoms with van der Waals surface area (Å²) in [6.07, 6.45) is -0.947. The average Bonchev–Trinajstić information content (AvgIpc) is 2.62. The van der Waals surface area contributed by atoms with E-state index >= 15 is 0 Å². The zero-order valence-corrected chi connectivity index (χ0v) is 15.1. The Bertz CT molecular complexity index is 752. The monoisotopic (exact) mass is 364 g/mol. The van der Waals surface area contributed by atoms with E-state index in [0.717, 1.165) is 5.56 Å². The lowest BCUT2D eigenvalue weighted by atomic mass is 10.1. The largest absolute Gasteiger partial charge is 0.497 e. The summed E-state index contributed by atoms with van der Waals surface area (Å²) in [6, 6.07) is 9.89. The third kappa shape index (κ3) is 5.01. The molecule has 0 heterocycles. The highest BCUT2D eigenvalue weighted by Gasteiger charge is 2.16. The standard InChI is InChI=1S/C18H21ClN2O4/c1-11-4-5-12(8-15(11)19)21-18(23)20-10-16(22)14-9-13(24-2)6-7-17(14)25-3/h4-9,16,22H,10H2,1-3H3,(H2,20,21,23)/t16-/m1/s1. The Morgan fingerprint density at radius 2 is 1.96 bits per heavy atom. The number of amides is 2. The number of benzene rings is 2. The van der Waals surface area contributed by atoms with Crippen molar-refractivity contribution in [3.8, 4) is 11.5 Å².